The Hall–Kier alpha value is -1.73. The molecule has 0 bridgehead atoms. The van der Waals surface area contributed by atoms with E-state index in [1.54, 1.807) is 18.7 Å². The first-order valence-electron chi connectivity index (χ1n) is 7.16. The number of aryl methyl sites for hydroxylation is 1. The molecule has 0 aliphatic heterocycles. The molecule has 22 heavy (non-hydrogen) atoms. The minimum Gasteiger partial charge on any atom is -0.381 e. The van der Waals surface area contributed by atoms with Crippen molar-refractivity contribution in [1.29, 1.82) is 0 Å². The van der Waals surface area contributed by atoms with Crippen LogP contribution in [0.1, 0.15) is 18.9 Å². The van der Waals surface area contributed by atoms with Crippen LogP contribution in [-0.2, 0) is 11.8 Å². The number of benzene rings is 1. The number of methoxy groups -OCH3 is 1. The molecule has 2 aromatic heterocycles. The van der Waals surface area contributed by atoms with Crippen molar-refractivity contribution >= 4 is 38.0 Å². The van der Waals surface area contributed by atoms with Crippen LogP contribution >= 0.6 is 15.9 Å². The van der Waals surface area contributed by atoms with Crippen molar-refractivity contribution in [1.82, 2.24) is 19.3 Å². The van der Waals surface area contributed by atoms with Gasteiger partial charge in [-0.2, -0.15) is 0 Å². The number of rotatable bonds is 2. The summed E-state index contributed by atoms with van der Waals surface area (Å²) in [7, 11) is 3.46. The number of ether oxygens (including phenoxy) is 1. The fourth-order valence-corrected chi connectivity index (χ4v) is 3.51. The van der Waals surface area contributed by atoms with Crippen LogP contribution in [0.3, 0.4) is 0 Å². The molecule has 1 aliphatic carbocycles. The maximum atomic E-state index is 12.7. The monoisotopic (exact) mass is 362 g/mol. The largest absolute Gasteiger partial charge is 0.381 e. The molecule has 7 heteroatoms. The summed E-state index contributed by atoms with van der Waals surface area (Å²) < 4.78 is 9.73. The molecule has 0 saturated heterocycles. The van der Waals surface area contributed by atoms with E-state index in [0.717, 1.165) is 33.7 Å². The number of halogens is 1. The smallest absolute Gasteiger partial charge is 0.330 e. The minimum atomic E-state index is -0.0451. The molecule has 1 saturated carbocycles. The molecule has 0 radical (unpaired) electrons. The lowest BCUT2D eigenvalue weighted by atomic mass is 9.89. The van der Waals surface area contributed by atoms with Gasteiger partial charge in [0.15, 0.2) is 5.65 Å². The Morgan fingerprint density at radius 1 is 1.32 bits per heavy atom. The first kappa shape index (κ1) is 13.9. The molecule has 1 aromatic carbocycles. The predicted octanol–water partition coefficient (Wildman–Crippen LogP) is 2.40. The normalized spacial score (nSPS) is 21.4. The molecule has 114 valence electrons. The lowest BCUT2D eigenvalue weighted by molar-refractivity contribution is 0.00635. The van der Waals surface area contributed by atoms with E-state index in [0.29, 0.717) is 5.65 Å². The van der Waals surface area contributed by atoms with Crippen molar-refractivity contribution in [3.8, 4) is 0 Å². The summed E-state index contributed by atoms with van der Waals surface area (Å²) in [6, 6.07) is 5.99. The predicted molar refractivity (Wildman–Crippen MR) is 87.0 cm³/mol. The maximum absolute atomic E-state index is 12.7. The van der Waals surface area contributed by atoms with Gasteiger partial charge in [0, 0.05) is 30.1 Å². The van der Waals surface area contributed by atoms with Crippen LogP contribution in [0.5, 0.6) is 0 Å². The van der Waals surface area contributed by atoms with E-state index in [-0.39, 0.29) is 17.8 Å². The van der Waals surface area contributed by atoms with E-state index < -0.39 is 0 Å². The third-order valence-corrected chi connectivity index (χ3v) is 4.99. The van der Waals surface area contributed by atoms with Gasteiger partial charge in [-0.25, -0.2) is 4.79 Å². The Bertz CT molecular complexity index is 940. The second kappa shape index (κ2) is 4.89. The first-order chi connectivity index (χ1) is 10.6. The molecule has 0 atom stereocenters. The molecule has 2 heterocycles. The summed E-state index contributed by atoms with van der Waals surface area (Å²) in [4.78, 5) is 12.7. The van der Waals surface area contributed by atoms with Crippen LogP contribution in [0.4, 0.5) is 0 Å². The van der Waals surface area contributed by atoms with Crippen LogP contribution in [0.15, 0.2) is 27.5 Å². The van der Waals surface area contributed by atoms with Crippen LogP contribution in [0, 0.1) is 0 Å². The number of fused-ring (bicyclic) bond motifs is 3. The van der Waals surface area contributed by atoms with E-state index >= 15 is 0 Å². The fraction of sp³-hybridized carbons (Fsp3) is 0.400. The van der Waals surface area contributed by atoms with Gasteiger partial charge in [0.1, 0.15) is 5.52 Å². The third-order valence-electron chi connectivity index (χ3n) is 4.50. The van der Waals surface area contributed by atoms with Gasteiger partial charge in [-0.3, -0.25) is 9.13 Å². The zero-order chi connectivity index (χ0) is 15.4. The van der Waals surface area contributed by atoms with Crippen molar-refractivity contribution < 1.29 is 4.74 Å². The summed E-state index contributed by atoms with van der Waals surface area (Å²) in [5, 5.41) is 9.42. The topological polar surface area (TPSA) is 61.9 Å². The average molecular weight is 363 g/mol. The minimum absolute atomic E-state index is 0.0451. The molecule has 0 amide bonds. The van der Waals surface area contributed by atoms with Crippen LogP contribution in [0.25, 0.3) is 22.1 Å². The quantitative estimate of drug-likeness (QED) is 0.702. The summed E-state index contributed by atoms with van der Waals surface area (Å²) in [6.07, 6.45) is 1.95. The third kappa shape index (κ3) is 1.85. The van der Waals surface area contributed by atoms with Gasteiger partial charge in [-0.1, -0.05) is 15.9 Å². The van der Waals surface area contributed by atoms with Crippen molar-refractivity contribution in [3.63, 3.8) is 0 Å². The zero-order valence-corrected chi connectivity index (χ0v) is 13.9. The van der Waals surface area contributed by atoms with Crippen LogP contribution < -0.4 is 5.69 Å². The zero-order valence-electron chi connectivity index (χ0n) is 12.3. The van der Waals surface area contributed by atoms with Gasteiger partial charge in [-0.15, -0.1) is 10.2 Å². The highest BCUT2D eigenvalue weighted by Crippen LogP contribution is 2.36. The van der Waals surface area contributed by atoms with Gasteiger partial charge >= 0.3 is 5.69 Å². The number of imidazole rings is 1. The number of hydrogen-bond acceptors (Lipinski definition) is 4. The van der Waals surface area contributed by atoms with Gasteiger partial charge < -0.3 is 4.74 Å². The van der Waals surface area contributed by atoms with Gasteiger partial charge in [-0.05, 0) is 31.0 Å². The summed E-state index contributed by atoms with van der Waals surface area (Å²) in [5.74, 6) is 0. The van der Waals surface area contributed by atoms with Gasteiger partial charge in [0.05, 0.1) is 11.6 Å². The van der Waals surface area contributed by atoms with E-state index in [9.17, 15) is 4.79 Å². The highest BCUT2D eigenvalue weighted by atomic mass is 79.9. The Kier molecular flexibility index (Phi) is 3.09. The number of nitrogens with zero attached hydrogens (tertiary/aromatic N) is 4. The second-order valence-electron chi connectivity index (χ2n) is 5.73. The summed E-state index contributed by atoms with van der Waals surface area (Å²) in [5.41, 5.74) is 2.23. The molecule has 6 nitrogen and oxygen atoms in total. The lowest BCUT2D eigenvalue weighted by Gasteiger charge is -2.34. The van der Waals surface area contributed by atoms with Crippen molar-refractivity contribution in [2.24, 2.45) is 7.05 Å². The van der Waals surface area contributed by atoms with Crippen molar-refractivity contribution in [2.75, 3.05) is 7.11 Å². The van der Waals surface area contributed by atoms with Gasteiger partial charge in [0.2, 0.25) is 0 Å². The summed E-state index contributed by atoms with van der Waals surface area (Å²) >= 11 is 3.49. The standard InChI is InChI=1S/C15H15BrN4O2/c1-19-14-13(11-5-8(16)3-4-12(11)17-18-14)20(15(19)21)9-6-10(7-9)22-2/h3-5,9-10H,6-7H2,1-2H3/t9-,10+. The molecule has 3 aromatic rings. The number of aromatic nitrogens is 4. The molecule has 0 N–H and O–H groups in total. The molecular formula is C15H15BrN4O2. The van der Waals surface area contributed by atoms with E-state index in [4.69, 9.17) is 4.74 Å². The SMILES string of the molecule is CO[C@H]1C[C@@H](n2c(=O)n(C)c3nnc4ccc(Br)cc4c32)C1. The Balaban J connectivity index is 2.04. The average Bonchev–Trinajstić information content (AvgIpc) is 2.72. The molecule has 0 unspecified atom stereocenters. The summed E-state index contributed by atoms with van der Waals surface area (Å²) in [6.45, 7) is 0. The van der Waals surface area contributed by atoms with Crippen molar-refractivity contribution in [3.05, 3.63) is 33.2 Å². The molecular weight excluding hydrogens is 348 g/mol. The maximum Gasteiger partial charge on any atom is 0.330 e. The van der Waals surface area contributed by atoms with Crippen LogP contribution in [0.2, 0.25) is 0 Å². The van der Waals surface area contributed by atoms with Crippen LogP contribution in [-0.4, -0.2) is 32.5 Å². The van der Waals surface area contributed by atoms with E-state index in [1.165, 1.54) is 0 Å². The molecule has 1 aliphatic rings. The van der Waals surface area contributed by atoms with Crippen molar-refractivity contribution in [2.45, 2.75) is 25.0 Å². The highest BCUT2D eigenvalue weighted by Gasteiger charge is 2.34. The lowest BCUT2D eigenvalue weighted by Crippen LogP contribution is -2.37. The van der Waals surface area contributed by atoms with E-state index in [1.807, 2.05) is 22.8 Å². The number of hydrogen-bond donors (Lipinski definition) is 0. The second-order valence-corrected chi connectivity index (χ2v) is 6.64. The molecule has 0 spiro atoms. The Morgan fingerprint density at radius 3 is 2.82 bits per heavy atom. The first-order valence-corrected chi connectivity index (χ1v) is 7.95. The van der Waals surface area contributed by atoms with Gasteiger partial charge in [0.25, 0.3) is 0 Å². The highest BCUT2D eigenvalue weighted by molar-refractivity contribution is 9.10. The fourth-order valence-electron chi connectivity index (χ4n) is 3.15. The molecule has 1 fully saturated rings. The Morgan fingerprint density at radius 2 is 2.09 bits per heavy atom. The van der Waals surface area contributed by atoms with E-state index in [2.05, 4.69) is 26.1 Å². The Labute approximate surface area is 134 Å². The molecule has 4 rings (SSSR count).